The van der Waals surface area contributed by atoms with E-state index >= 15 is 0 Å². The summed E-state index contributed by atoms with van der Waals surface area (Å²) >= 11 is 0. The molecule has 0 fully saturated rings. The Morgan fingerprint density at radius 2 is 2.43 bits per heavy atom. The Morgan fingerprint density at radius 3 is 2.86 bits per heavy atom. The molecule has 7 heavy (non-hydrogen) atoms. The molecule has 0 bridgehead atoms. The van der Waals surface area contributed by atoms with Crippen molar-refractivity contribution >= 4 is 0 Å². The van der Waals surface area contributed by atoms with Crippen LogP contribution in [0.5, 0.6) is 0 Å². The van der Waals surface area contributed by atoms with Crippen LogP contribution in [0.4, 0.5) is 4.53 Å². The summed E-state index contributed by atoms with van der Waals surface area (Å²) in [4.78, 5) is 3.28. The molecule has 0 saturated heterocycles. The minimum absolute atomic E-state index is 0.147. The van der Waals surface area contributed by atoms with Crippen molar-refractivity contribution in [1.82, 2.24) is 5.32 Å². The van der Waals surface area contributed by atoms with Gasteiger partial charge in [0.25, 0.3) is 0 Å². The first-order valence-electron chi connectivity index (χ1n) is 2.36. The van der Waals surface area contributed by atoms with Crippen molar-refractivity contribution in [2.45, 2.75) is 6.92 Å². The van der Waals surface area contributed by atoms with Crippen LogP contribution in [-0.2, 0) is 4.94 Å². The van der Waals surface area contributed by atoms with E-state index in [4.69, 9.17) is 0 Å². The normalized spacial score (nSPS) is 9.43. The first-order chi connectivity index (χ1) is 3.41. The summed E-state index contributed by atoms with van der Waals surface area (Å²) in [5, 5.41) is 2.88. The van der Waals surface area contributed by atoms with Gasteiger partial charge in [-0.05, 0) is 11.1 Å². The Bertz CT molecular complexity index is 30.9. The summed E-state index contributed by atoms with van der Waals surface area (Å²) in [5.41, 5.74) is 0. The second kappa shape index (κ2) is 5.85. The number of likely N-dealkylation sites (N-methyl/N-ethyl adjacent to an activating group) is 1. The highest BCUT2D eigenvalue weighted by Crippen LogP contribution is 1.67. The van der Waals surface area contributed by atoms with Gasteiger partial charge in [-0.25, -0.2) is 0 Å². The molecule has 0 aliphatic carbocycles. The fourth-order valence-corrected chi connectivity index (χ4v) is 0.288. The first kappa shape index (κ1) is 6.85. The summed E-state index contributed by atoms with van der Waals surface area (Å²) in [6.45, 7) is 3.56. The zero-order chi connectivity index (χ0) is 5.54. The van der Waals surface area contributed by atoms with E-state index in [0.29, 0.717) is 6.54 Å². The third kappa shape index (κ3) is 5.85. The Kier molecular flexibility index (Phi) is 5.72. The minimum atomic E-state index is 0.147. The quantitative estimate of drug-likeness (QED) is 0.528. The van der Waals surface area contributed by atoms with Gasteiger partial charge in [0.2, 0.25) is 0 Å². The third-order valence-electron chi connectivity index (χ3n) is 0.606. The molecule has 44 valence electrons. The van der Waals surface area contributed by atoms with Crippen LogP contribution in [0.25, 0.3) is 0 Å². The van der Waals surface area contributed by atoms with Gasteiger partial charge in [0.1, 0.15) is 6.61 Å². The molecule has 1 N–H and O–H groups in total. The molecule has 0 saturated carbocycles. The molecule has 0 aliphatic heterocycles. The van der Waals surface area contributed by atoms with Crippen LogP contribution in [0.3, 0.4) is 0 Å². The zero-order valence-corrected chi connectivity index (χ0v) is 4.41. The van der Waals surface area contributed by atoms with Crippen LogP contribution < -0.4 is 5.32 Å². The minimum Gasteiger partial charge on any atom is -0.315 e. The zero-order valence-electron chi connectivity index (χ0n) is 4.41. The molecule has 3 heteroatoms. The van der Waals surface area contributed by atoms with Crippen LogP contribution in [0, 0.1) is 0 Å². The molecule has 0 aromatic heterocycles. The molecular weight excluding hydrogens is 97.0 g/mol. The van der Waals surface area contributed by atoms with E-state index in [1.807, 2.05) is 6.92 Å². The van der Waals surface area contributed by atoms with E-state index < -0.39 is 0 Å². The van der Waals surface area contributed by atoms with Gasteiger partial charge >= 0.3 is 0 Å². The molecule has 0 aromatic carbocycles. The van der Waals surface area contributed by atoms with Crippen molar-refractivity contribution in [2.24, 2.45) is 0 Å². The fourth-order valence-electron chi connectivity index (χ4n) is 0.288. The van der Waals surface area contributed by atoms with Crippen molar-refractivity contribution in [3.05, 3.63) is 0 Å². The maximum Gasteiger partial charge on any atom is 0.100 e. The van der Waals surface area contributed by atoms with Crippen molar-refractivity contribution in [3.63, 3.8) is 0 Å². The highest BCUT2D eigenvalue weighted by molar-refractivity contribution is 4.36. The molecule has 0 aliphatic rings. The van der Waals surface area contributed by atoms with E-state index in [1.54, 1.807) is 0 Å². The number of rotatable bonds is 4. The summed E-state index contributed by atoms with van der Waals surface area (Å²) in [6, 6.07) is 0. The molecule has 2 nitrogen and oxygen atoms in total. The SMILES string of the molecule is CCNCCOF. The average Bonchev–Trinajstić information content (AvgIpc) is 1.69. The van der Waals surface area contributed by atoms with Gasteiger partial charge in [-0.1, -0.05) is 6.92 Å². The topological polar surface area (TPSA) is 21.3 Å². The molecule has 0 atom stereocenters. The van der Waals surface area contributed by atoms with E-state index in [2.05, 4.69) is 10.3 Å². The van der Waals surface area contributed by atoms with Gasteiger partial charge in [0.15, 0.2) is 0 Å². The number of halogens is 1. The van der Waals surface area contributed by atoms with Crippen LogP contribution in [0.15, 0.2) is 0 Å². The Balaban J connectivity index is 2.45. The Morgan fingerprint density at radius 1 is 1.71 bits per heavy atom. The summed E-state index contributed by atoms with van der Waals surface area (Å²) in [5.74, 6) is 0. The van der Waals surface area contributed by atoms with Crippen molar-refractivity contribution in [1.29, 1.82) is 0 Å². The van der Waals surface area contributed by atoms with E-state index in [-0.39, 0.29) is 6.61 Å². The maximum atomic E-state index is 10.8. The third-order valence-corrected chi connectivity index (χ3v) is 0.606. The molecule has 0 heterocycles. The van der Waals surface area contributed by atoms with Crippen molar-refractivity contribution in [3.8, 4) is 0 Å². The molecule has 0 radical (unpaired) electrons. The monoisotopic (exact) mass is 107 g/mol. The second-order valence-corrected chi connectivity index (χ2v) is 1.17. The molecule has 0 spiro atoms. The maximum absolute atomic E-state index is 10.8. The molecule has 0 rings (SSSR count). The lowest BCUT2D eigenvalue weighted by molar-refractivity contribution is -0.129. The van der Waals surface area contributed by atoms with Crippen molar-refractivity contribution < 1.29 is 9.47 Å². The average molecular weight is 107 g/mol. The standard InChI is InChI=1S/C4H10FNO/c1-2-6-3-4-7-5/h6H,2-4H2,1H3. The summed E-state index contributed by atoms with van der Waals surface area (Å²) in [7, 11) is 0. The highest BCUT2D eigenvalue weighted by atomic mass is 19.3. The highest BCUT2D eigenvalue weighted by Gasteiger charge is 1.79. The Hall–Kier alpha value is -0.150. The van der Waals surface area contributed by atoms with Crippen LogP contribution in [-0.4, -0.2) is 19.7 Å². The molecule has 0 unspecified atom stereocenters. The summed E-state index contributed by atoms with van der Waals surface area (Å²) in [6.07, 6.45) is 0. The van der Waals surface area contributed by atoms with Crippen LogP contribution in [0.1, 0.15) is 6.92 Å². The van der Waals surface area contributed by atoms with E-state index in [0.717, 1.165) is 6.54 Å². The fraction of sp³-hybridized carbons (Fsp3) is 1.00. The van der Waals surface area contributed by atoms with Crippen molar-refractivity contribution in [2.75, 3.05) is 19.7 Å². The van der Waals surface area contributed by atoms with Gasteiger partial charge in [-0.2, -0.15) is 4.94 Å². The smallest absolute Gasteiger partial charge is 0.100 e. The van der Waals surface area contributed by atoms with Gasteiger partial charge in [-0.15, -0.1) is 0 Å². The lowest BCUT2D eigenvalue weighted by Gasteiger charge is -1.93. The largest absolute Gasteiger partial charge is 0.315 e. The molecular formula is C4H10FNO. The predicted octanol–water partition coefficient (Wildman–Crippen LogP) is 0.497. The summed E-state index contributed by atoms with van der Waals surface area (Å²) < 4.78 is 10.8. The molecule has 0 amide bonds. The first-order valence-corrected chi connectivity index (χ1v) is 2.36. The number of hydrogen-bond acceptors (Lipinski definition) is 2. The second-order valence-electron chi connectivity index (χ2n) is 1.17. The van der Waals surface area contributed by atoms with Gasteiger partial charge in [-0.3, -0.25) is 0 Å². The van der Waals surface area contributed by atoms with E-state index in [1.165, 1.54) is 0 Å². The number of nitrogens with one attached hydrogen (secondary N) is 1. The van der Waals surface area contributed by atoms with Gasteiger partial charge in [0.05, 0.1) is 0 Å². The van der Waals surface area contributed by atoms with Gasteiger partial charge in [0, 0.05) is 6.54 Å². The van der Waals surface area contributed by atoms with Crippen LogP contribution >= 0.6 is 0 Å². The predicted molar refractivity (Wildman–Crippen MR) is 25.6 cm³/mol. The lowest BCUT2D eigenvalue weighted by Crippen LogP contribution is -2.17. The van der Waals surface area contributed by atoms with Crippen LogP contribution in [0.2, 0.25) is 0 Å². The lowest BCUT2D eigenvalue weighted by atomic mass is 10.6. The molecule has 0 aromatic rings. The van der Waals surface area contributed by atoms with Gasteiger partial charge < -0.3 is 5.32 Å². The Labute approximate surface area is 42.6 Å². The van der Waals surface area contributed by atoms with E-state index in [9.17, 15) is 4.53 Å². The number of hydrogen-bond donors (Lipinski definition) is 1.